The van der Waals surface area contributed by atoms with Crippen LogP contribution in [0.2, 0.25) is 0 Å². The Bertz CT molecular complexity index is 921. The van der Waals surface area contributed by atoms with Crippen LogP contribution >= 0.6 is 0 Å². The van der Waals surface area contributed by atoms with Crippen LogP contribution in [-0.4, -0.2) is 10.5 Å². The molecule has 4 nitrogen and oxygen atoms in total. The average molecular weight is 306 g/mol. The largest absolute Gasteiger partial charge is 0.338 e. The third-order valence-electron chi connectivity index (χ3n) is 3.70. The van der Waals surface area contributed by atoms with E-state index < -0.39 is 0 Å². The van der Waals surface area contributed by atoms with E-state index in [2.05, 4.69) is 11.4 Å². The monoisotopic (exact) mass is 306 g/mol. The van der Waals surface area contributed by atoms with Crippen LogP contribution in [0.25, 0.3) is 10.9 Å². The van der Waals surface area contributed by atoms with Crippen molar-refractivity contribution in [2.24, 2.45) is 0 Å². The first kappa shape index (κ1) is 15.0. The Morgan fingerprint density at radius 2 is 1.74 bits per heavy atom. The van der Waals surface area contributed by atoms with Gasteiger partial charge in [0.15, 0.2) is 5.43 Å². The maximum absolute atomic E-state index is 12.3. The Hall–Kier alpha value is -2.88. The van der Waals surface area contributed by atoms with Crippen LogP contribution in [0.1, 0.15) is 11.1 Å². The lowest BCUT2D eigenvalue weighted by atomic mass is 10.1. The number of nitrogens with zero attached hydrogens (tertiary/aromatic N) is 1. The minimum atomic E-state index is -0.121. The highest BCUT2D eigenvalue weighted by molar-refractivity contribution is 5.92. The summed E-state index contributed by atoms with van der Waals surface area (Å²) in [5.41, 5.74) is 3.73. The van der Waals surface area contributed by atoms with Crippen molar-refractivity contribution in [1.29, 1.82) is 0 Å². The van der Waals surface area contributed by atoms with Gasteiger partial charge >= 0.3 is 0 Å². The molecule has 1 heterocycles. The topological polar surface area (TPSA) is 51.1 Å². The molecular formula is C19H18N2O2. The zero-order chi connectivity index (χ0) is 16.4. The summed E-state index contributed by atoms with van der Waals surface area (Å²) < 4.78 is 1.79. The van der Waals surface area contributed by atoms with Gasteiger partial charge < -0.3 is 9.88 Å². The molecule has 0 saturated heterocycles. The van der Waals surface area contributed by atoms with E-state index in [0.717, 1.165) is 22.3 Å². The number of anilines is 1. The molecule has 1 amide bonds. The second-order valence-corrected chi connectivity index (χ2v) is 5.75. The predicted octanol–water partition coefficient (Wildman–Crippen LogP) is 3.26. The number of benzene rings is 2. The Morgan fingerprint density at radius 3 is 2.48 bits per heavy atom. The van der Waals surface area contributed by atoms with Gasteiger partial charge in [0.2, 0.25) is 5.91 Å². The molecule has 0 unspecified atom stereocenters. The molecular weight excluding hydrogens is 288 g/mol. The van der Waals surface area contributed by atoms with Crippen molar-refractivity contribution in [3.05, 3.63) is 76.1 Å². The van der Waals surface area contributed by atoms with E-state index in [-0.39, 0.29) is 17.9 Å². The third kappa shape index (κ3) is 3.31. The maximum Gasteiger partial charge on any atom is 0.244 e. The molecule has 0 aliphatic rings. The molecule has 0 aliphatic heterocycles. The minimum absolute atomic E-state index is 0.0356. The Morgan fingerprint density at radius 1 is 1.04 bits per heavy atom. The lowest BCUT2D eigenvalue weighted by Crippen LogP contribution is -2.20. The van der Waals surface area contributed by atoms with E-state index in [1.807, 2.05) is 44.2 Å². The number of carbonyl (C=O) groups excluding carboxylic acids is 1. The molecule has 3 aromatic rings. The molecule has 116 valence electrons. The molecule has 0 saturated carbocycles. The average Bonchev–Trinajstić information content (AvgIpc) is 2.49. The second-order valence-electron chi connectivity index (χ2n) is 5.75. The summed E-state index contributed by atoms with van der Waals surface area (Å²) >= 11 is 0. The van der Waals surface area contributed by atoms with Crippen LogP contribution in [-0.2, 0) is 11.3 Å². The molecule has 0 bridgehead atoms. The van der Waals surface area contributed by atoms with Crippen LogP contribution < -0.4 is 10.7 Å². The van der Waals surface area contributed by atoms with Crippen LogP contribution in [0.4, 0.5) is 5.69 Å². The number of aryl methyl sites for hydroxylation is 2. The number of para-hydroxylation sites is 1. The van der Waals surface area contributed by atoms with Gasteiger partial charge in [-0.25, -0.2) is 0 Å². The zero-order valence-electron chi connectivity index (χ0n) is 13.2. The number of aromatic nitrogens is 1. The number of nitrogens with one attached hydrogen (secondary N) is 1. The van der Waals surface area contributed by atoms with E-state index in [1.54, 1.807) is 16.8 Å². The lowest BCUT2D eigenvalue weighted by molar-refractivity contribution is -0.116. The predicted molar refractivity (Wildman–Crippen MR) is 92.8 cm³/mol. The number of carbonyl (C=O) groups is 1. The van der Waals surface area contributed by atoms with Crippen LogP contribution in [0.15, 0.2) is 59.5 Å². The van der Waals surface area contributed by atoms with E-state index >= 15 is 0 Å². The van der Waals surface area contributed by atoms with Crippen molar-refractivity contribution in [3.63, 3.8) is 0 Å². The minimum Gasteiger partial charge on any atom is -0.338 e. The first-order chi connectivity index (χ1) is 11.0. The molecule has 1 aromatic heterocycles. The van der Waals surface area contributed by atoms with E-state index in [1.165, 1.54) is 6.07 Å². The molecule has 4 heteroatoms. The quantitative estimate of drug-likeness (QED) is 0.807. The van der Waals surface area contributed by atoms with Crippen molar-refractivity contribution in [3.8, 4) is 0 Å². The molecule has 0 aliphatic carbocycles. The van der Waals surface area contributed by atoms with Gasteiger partial charge in [-0.2, -0.15) is 0 Å². The maximum atomic E-state index is 12.3. The van der Waals surface area contributed by atoms with Gasteiger partial charge in [0, 0.05) is 23.3 Å². The first-order valence-electron chi connectivity index (χ1n) is 7.49. The lowest BCUT2D eigenvalue weighted by Gasteiger charge is -2.12. The fourth-order valence-corrected chi connectivity index (χ4v) is 2.80. The molecule has 0 radical (unpaired) electrons. The number of hydrogen-bond acceptors (Lipinski definition) is 2. The molecule has 23 heavy (non-hydrogen) atoms. The highest BCUT2D eigenvalue weighted by Crippen LogP contribution is 2.14. The van der Waals surface area contributed by atoms with Gasteiger partial charge in [0.1, 0.15) is 6.54 Å². The highest BCUT2D eigenvalue weighted by Gasteiger charge is 2.07. The Balaban J connectivity index is 1.86. The zero-order valence-corrected chi connectivity index (χ0v) is 13.2. The van der Waals surface area contributed by atoms with Crippen LogP contribution in [0.3, 0.4) is 0 Å². The van der Waals surface area contributed by atoms with Crippen molar-refractivity contribution < 1.29 is 4.79 Å². The fraction of sp³-hybridized carbons (Fsp3) is 0.158. The SMILES string of the molecule is Cc1cc(C)cc(NC(=O)Cn2ccc(=O)c3ccccc32)c1. The summed E-state index contributed by atoms with van der Waals surface area (Å²) in [6.45, 7) is 4.16. The smallest absolute Gasteiger partial charge is 0.244 e. The van der Waals surface area contributed by atoms with Crippen molar-refractivity contribution in [1.82, 2.24) is 4.57 Å². The standard InChI is InChI=1S/C19H18N2O2/c1-13-9-14(2)11-15(10-13)20-19(23)12-21-8-7-18(22)16-5-3-4-6-17(16)21/h3-11H,12H2,1-2H3,(H,20,23). The van der Waals surface area contributed by atoms with Crippen LogP contribution in [0.5, 0.6) is 0 Å². The van der Waals surface area contributed by atoms with Gasteiger partial charge in [0.25, 0.3) is 0 Å². The molecule has 0 spiro atoms. The van der Waals surface area contributed by atoms with E-state index in [9.17, 15) is 9.59 Å². The fourth-order valence-electron chi connectivity index (χ4n) is 2.80. The normalized spacial score (nSPS) is 10.7. The number of hydrogen-bond donors (Lipinski definition) is 1. The molecule has 2 aromatic carbocycles. The Labute approximate surface area is 134 Å². The van der Waals surface area contributed by atoms with Gasteiger partial charge in [-0.3, -0.25) is 9.59 Å². The second kappa shape index (κ2) is 6.08. The van der Waals surface area contributed by atoms with Crippen molar-refractivity contribution in [2.75, 3.05) is 5.32 Å². The van der Waals surface area contributed by atoms with Gasteiger partial charge in [0.05, 0.1) is 5.52 Å². The summed E-state index contributed by atoms with van der Waals surface area (Å²) in [6, 6.07) is 14.7. The van der Waals surface area contributed by atoms with E-state index in [4.69, 9.17) is 0 Å². The van der Waals surface area contributed by atoms with Gasteiger partial charge in [-0.1, -0.05) is 18.2 Å². The summed E-state index contributed by atoms with van der Waals surface area (Å²) in [7, 11) is 0. The first-order valence-corrected chi connectivity index (χ1v) is 7.49. The third-order valence-corrected chi connectivity index (χ3v) is 3.70. The molecule has 1 N–H and O–H groups in total. The number of amides is 1. The van der Waals surface area contributed by atoms with Crippen LogP contribution in [0, 0.1) is 13.8 Å². The summed E-state index contributed by atoms with van der Waals surface area (Å²) in [5, 5.41) is 3.53. The van der Waals surface area contributed by atoms with Gasteiger partial charge in [-0.05, 0) is 49.2 Å². The van der Waals surface area contributed by atoms with Crippen molar-refractivity contribution >= 4 is 22.5 Å². The number of rotatable bonds is 3. The number of fused-ring (bicyclic) bond motifs is 1. The summed E-state index contributed by atoms with van der Waals surface area (Å²) in [5.74, 6) is -0.121. The van der Waals surface area contributed by atoms with Crippen molar-refractivity contribution in [2.45, 2.75) is 20.4 Å². The summed E-state index contributed by atoms with van der Waals surface area (Å²) in [4.78, 5) is 24.2. The molecule has 0 atom stereocenters. The Kier molecular flexibility index (Phi) is 3.98. The van der Waals surface area contributed by atoms with E-state index in [0.29, 0.717) is 5.39 Å². The highest BCUT2D eigenvalue weighted by atomic mass is 16.2. The molecule has 3 rings (SSSR count). The number of pyridine rings is 1. The summed E-state index contributed by atoms with van der Waals surface area (Å²) in [6.07, 6.45) is 1.66. The van der Waals surface area contributed by atoms with Gasteiger partial charge in [-0.15, -0.1) is 0 Å². The molecule has 0 fully saturated rings.